The molecule has 7 heteroatoms. The maximum Gasteiger partial charge on any atom is 0.335 e. The summed E-state index contributed by atoms with van der Waals surface area (Å²) >= 11 is 0. The Kier molecular flexibility index (Phi) is 3.98. The van der Waals surface area contributed by atoms with Crippen LogP contribution in [0.1, 0.15) is 33.2 Å². The van der Waals surface area contributed by atoms with E-state index >= 15 is 0 Å². The molecule has 7 nitrogen and oxygen atoms in total. The molecule has 1 aliphatic heterocycles. The van der Waals surface area contributed by atoms with Gasteiger partial charge in [0, 0.05) is 28.2 Å². The first-order valence-electron chi connectivity index (χ1n) is 7.43. The first-order chi connectivity index (χ1) is 11.9. The van der Waals surface area contributed by atoms with Crippen LogP contribution in [0.5, 0.6) is 0 Å². The third-order valence-corrected chi connectivity index (χ3v) is 3.89. The Morgan fingerprint density at radius 1 is 1.08 bits per heavy atom. The number of hydrogen-bond acceptors (Lipinski definition) is 4. The zero-order valence-electron chi connectivity index (χ0n) is 13.3. The molecule has 0 saturated carbocycles. The zero-order chi connectivity index (χ0) is 18.1. The van der Waals surface area contributed by atoms with Crippen molar-refractivity contribution in [3.8, 4) is 0 Å². The number of anilines is 2. The summed E-state index contributed by atoms with van der Waals surface area (Å²) in [4.78, 5) is 34.4. The van der Waals surface area contributed by atoms with E-state index in [1.807, 2.05) is 0 Å². The quantitative estimate of drug-likeness (QED) is 0.638. The van der Waals surface area contributed by atoms with Crippen LogP contribution in [0.25, 0.3) is 5.57 Å². The van der Waals surface area contributed by atoms with Gasteiger partial charge in [0.15, 0.2) is 0 Å². The molecule has 2 aromatic carbocycles. The molecule has 0 unspecified atom stereocenters. The second-order valence-corrected chi connectivity index (χ2v) is 5.59. The van der Waals surface area contributed by atoms with Crippen molar-refractivity contribution in [2.24, 2.45) is 5.73 Å². The van der Waals surface area contributed by atoms with Gasteiger partial charge in [-0.3, -0.25) is 9.59 Å². The summed E-state index contributed by atoms with van der Waals surface area (Å²) in [6.07, 6.45) is 0. The van der Waals surface area contributed by atoms with Gasteiger partial charge < -0.3 is 21.5 Å². The van der Waals surface area contributed by atoms with Gasteiger partial charge >= 0.3 is 5.97 Å². The number of amides is 2. The highest BCUT2D eigenvalue weighted by Crippen LogP contribution is 2.34. The Bertz CT molecular complexity index is 930. The largest absolute Gasteiger partial charge is 0.478 e. The van der Waals surface area contributed by atoms with Crippen molar-refractivity contribution in [1.29, 1.82) is 0 Å². The van der Waals surface area contributed by atoms with Gasteiger partial charge in [-0.25, -0.2) is 4.79 Å². The number of fused-ring (bicyclic) bond motifs is 1. The summed E-state index contributed by atoms with van der Waals surface area (Å²) in [6, 6.07) is 11.0. The van der Waals surface area contributed by atoms with Crippen LogP contribution in [-0.2, 0) is 4.79 Å². The first-order valence-corrected chi connectivity index (χ1v) is 7.43. The summed E-state index contributed by atoms with van der Waals surface area (Å²) in [5, 5.41) is 14.7. The third-order valence-electron chi connectivity index (χ3n) is 3.89. The summed E-state index contributed by atoms with van der Waals surface area (Å²) in [5.41, 5.74) is 8.66. The maximum atomic E-state index is 12.3. The fourth-order valence-electron chi connectivity index (χ4n) is 2.67. The van der Waals surface area contributed by atoms with E-state index in [2.05, 4.69) is 10.6 Å². The molecule has 0 fully saturated rings. The Morgan fingerprint density at radius 3 is 2.32 bits per heavy atom. The van der Waals surface area contributed by atoms with Crippen LogP contribution in [0.15, 0.2) is 48.2 Å². The Morgan fingerprint density at radius 2 is 1.72 bits per heavy atom. The van der Waals surface area contributed by atoms with E-state index in [0.717, 1.165) is 0 Å². The van der Waals surface area contributed by atoms with Crippen molar-refractivity contribution in [2.45, 2.75) is 6.92 Å². The van der Waals surface area contributed by atoms with Crippen LogP contribution in [-0.4, -0.2) is 22.9 Å². The van der Waals surface area contributed by atoms with Gasteiger partial charge in [0.25, 0.3) is 5.91 Å². The molecule has 2 aromatic rings. The number of nitrogens with one attached hydrogen (secondary N) is 2. The second-order valence-electron chi connectivity index (χ2n) is 5.59. The third kappa shape index (κ3) is 3.07. The fraction of sp³-hybridized carbons (Fsp3) is 0.0556. The van der Waals surface area contributed by atoms with Gasteiger partial charge in [-0.05, 0) is 43.3 Å². The summed E-state index contributed by atoms with van der Waals surface area (Å²) in [6.45, 7) is 1.75. The summed E-state index contributed by atoms with van der Waals surface area (Å²) in [7, 11) is 0. The van der Waals surface area contributed by atoms with Gasteiger partial charge in [-0.2, -0.15) is 0 Å². The minimum atomic E-state index is -1.00. The molecule has 0 saturated heterocycles. The molecule has 0 radical (unpaired) electrons. The molecule has 1 aliphatic rings. The molecule has 0 spiro atoms. The fourth-order valence-corrected chi connectivity index (χ4v) is 2.67. The monoisotopic (exact) mass is 337 g/mol. The van der Waals surface area contributed by atoms with Gasteiger partial charge in [0.1, 0.15) is 0 Å². The number of hydrogen-bond donors (Lipinski definition) is 4. The topological polar surface area (TPSA) is 122 Å². The summed E-state index contributed by atoms with van der Waals surface area (Å²) in [5.74, 6) is -1.86. The lowest BCUT2D eigenvalue weighted by Gasteiger charge is -2.10. The average Bonchev–Trinajstić information content (AvgIpc) is 2.90. The van der Waals surface area contributed by atoms with Crippen LogP contribution in [0.3, 0.4) is 0 Å². The molecular formula is C18H15N3O4. The Balaban J connectivity index is 1.93. The normalized spacial score (nSPS) is 14.5. The number of allylic oxidation sites excluding steroid dienone is 1. The van der Waals surface area contributed by atoms with Gasteiger partial charge in [0.05, 0.1) is 11.1 Å². The lowest BCUT2D eigenvalue weighted by molar-refractivity contribution is -0.110. The van der Waals surface area contributed by atoms with Crippen molar-refractivity contribution in [1.82, 2.24) is 0 Å². The standard InChI is InChI=1S/C18H15N3O4/c1-9(20-12-5-2-10(3-6-12)18(24)25)15-13-7-4-11(16(19)22)8-14(13)21-17(15)23/h2-8,20H,1H3,(H2,19,22)(H,21,23)(H,24,25)/b15-9-. The molecule has 0 atom stereocenters. The van der Waals surface area contributed by atoms with Crippen molar-refractivity contribution >= 4 is 34.7 Å². The highest BCUT2D eigenvalue weighted by atomic mass is 16.4. The number of carboxylic acids is 1. The van der Waals surface area contributed by atoms with Gasteiger partial charge in [-0.15, -0.1) is 0 Å². The molecule has 126 valence electrons. The molecule has 3 rings (SSSR count). The maximum absolute atomic E-state index is 12.3. The van der Waals surface area contributed by atoms with Gasteiger partial charge in [0.2, 0.25) is 5.91 Å². The van der Waals surface area contributed by atoms with Crippen LogP contribution in [0, 0.1) is 0 Å². The second kappa shape index (κ2) is 6.12. The first kappa shape index (κ1) is 16.3. The van der Waals surface area contributed by atoms with E-state index in [-0.39, 0.29) is 11.5 Å². The van der Waals surface area contributed by atoms with E-state index < -0.39 is 11.9 Å². The molecule has 25 heavy (non-hydrogen) atoms. The number of primary amides is 1. The lowest BCUT2D eigenvalue weighted by Crippen LogP contribution is -2.11. The number of carboxylic acid groups (broad SMARTS) is 1. The molecule has 1 heterocycles. The van der Waals surface area contributed by atoms with E-state index in [1.165, 1.54) is 18.2 Å². The van der Waals surface area contributed by atoms with Crippen molar-refractivity contribution in [2.75, 3.05) is 10.6 Å². The van der Waals surface area contributed by atoms with E-state index in [1.54, 1.807) is 31.2 Å². The number of rotatable bonds is 4. The molecule has 0 aliphatic carbocycles. The van der Waals surface area contributed by atoms with Crippen LogP contribution in [0.4, 0.5) is 11.4 Å². The van der Waals surface area contributed by atoms with Crippen LogP contribution >= 0.6 is 0 Å². The minimum Gasteiger partial charge on any atom is -0.478 e. The number of nitrogens with two attached hydrogens (primary N) is 1. The smallest absolute Gasteiger partial charge is 0.335 e. The van der Waals surface area contributed by atoms with Crippen molar-refractivity contribution in [3.05, 3.63) is 64.9 Å². The molecular weight excluding hydrogens is 322 g/mol. The Labute approximate surface area is 143 Å². The predicted molar refractivity (Wildman–Crippen MR) is 93.2 cm³/mol. The molecule has 0 aromatic heterocycles. The molecule has 0 bridgehead atoms. The number of carbonyl (C=O) groups is 3. The molecule has 2 amide bonds. The molecule has 5 N–H and O–H groups in total. The van der Waals surface area contributed by atoms with E-state index in [9.17, 15) is 14.4 Å². The van der Waals surface area contributed by atoms with Crippen LogP contribution < -0.4 is 16.4 Å². The highest BCUT2D eigenvalue weighted by molar-refractivity contribution is 6.32. The number of aromatic carboxylic acids is 1. The zero-order valence-corrected chi connectivity index (χ0v) is 13.3. The SMILES string of the molecule is C/C(Nc1ccc(C(=O)O)cc1)=C1/C(=O)Nc2cc(C(N)=O)ccc21. The van der Waals surface area contributed by atoms with Crippen molar-refractivity contribution < 1.29 is 19.5 Å². The van der Waals surface area contributed by atoms with Crippen LogP contribution in [0.2, 0.25) is 0 Å². The van der Waals surface area contributed by atoms with E-state index in [4.69, 9.17) is 10.8 Å². The number of carbonyl (C=O) groups excluding carboxylic acids is 2. The number of benzene rings is 2. The summed E-state index contributed by atoms with van der Waals surface area (Å²) < 4.78 is 0. The minimum absolute atomic E-state index is 0.179. The van der Waals surface area contributed by atoms with E-state index in [0.29, 0.717) is 33.8 Å². The predicted octanol–water partition coefficient (Wildman–Crippen LogP) is 2.28. The highest BCUT2D eigenvalue weighted by Gasteiger charge is 2.27. The average molecular weight is 337 g/mol. The Hall–Kier alpha value is -3.61. The van der Waals surface area contributed by atoms with Gasteiger partial charge in [-0.1, -0.05) is 6.07 Å². The lowest BCUT2D eigenvalue weighted by atomic mass is 10.0. The van der Waals surface area contributed by atoms with Crippen molar-refractivity contribution in [3.63, 3.8) is 0 Å².